The van der Waals surface area contributed by atoms with E-state index in [4.69, 9.17) is 0 Å². The molecule has 1 rings (SSSR count). The van der Waals surface area contributed by atoms with Gasteiger partial charge in [-0.05, 0) is 12.5 Å². The average molecular weight is 290 g/mol. The first-order valence-corrected chi connectivity index (χ1v) is 5.02. The number of aliphatic hydroxyl groups excluding tert-OH is 1. The average Bonchev–Trinajstić information content (AvgIpc) is 2.27. The zero-order valence-electron chi connectivity index (χ0n) is 9.48. The van der Waals surface area contributed by atoms with Crippen molar-refractivity contribution in [1.82, 2.24) is 0 Å². The topological polar surface area (TPSA) is 20.2 Å². The molecule has 0 aliphatic heterocycles. The lowest BCUT2D eigenvalue weighted by Crippen LogP contribution is -2.50. The van der Waals surface area contributed by atoms with Gasteiger partial charge in [0.15, 0.2) is 0 Å². The van der Waals surface area contributed by atoms with Gasteiger partial charge < -0.3 is 5.11 Å². The maximum absolute atomic E-state index is 13.5. The van der Waals surface area contributed by atoms with Crippen LogP contribution < -0.4 is 0 Å². The quantitative estimate of drug-likeness (QED) is 0.833. The summed E-state index contributed by atoms with van der Waals surface area (Å²) < 4.78 is 88.9. The number of rotatable bonds is 3. The van der Waals surface area contributed by atoms with Crippen LogP contribution in [0.3, 0.4) is 0 Å². The molecule has 0 saturated carbocycles. The van der Waals surface area contributed by atoms with Crippen molar-refractivity contribution in [2.45, 2.75) is 31.0 Å². The van der Waals surface area contributed by atoms with Gasteiger partial charge in [-0.1, -0.05) is 24.3 Å². The van der Waals surface area contributed by atoms with Crippen LogP contribution in [-0.2, 0) is 5.92 Å². The van der Waals surface area contributed by atoms with Crippen LogP contribution in [0.15, 0.2) is 24.3 Å². The highest BCUT2D eigenvalue weighted by molar-refractivity contribution is 5.34. The van der Waals surface area contributed by atoms with Gasteiger partial charge in [0, 0.05) is 5.56 Å². The summed E-state index contributed by atoms with van der Waals surface area (Å²) in [5, 5.41) is 9.18. The maximum atomic E-state index is 13.5. The molecule has 1 N–H and O–H groups in total. The van der Waals surface area contributed by atoms with Gasteiger partial charge in [0.2, 0.25) is 0 Å². The van der Waals surface area contributed by atoms with Crippen LogP contribution in [0.2, 0.25) is 0 Å². The molecule has 0 saturated heterocycles. The van der Waals surface area contributed by atoms with Crippen molar-refractivity contribution in [3.05, 3.63) is 35.4 Å². The van der Waals surface area contributed by atoms with Gasteiger partial charge in [-0.2, -0.15) is 30.7 Å². The Morgan fingerprint density at radius 1 is 0.947 bits per heavy atom. The molecule has 0 aromatic heterocycles. The van der Waals surface area contributed by atoms with Crippen LogP contribution in [0.25, 0.3) is 0 Å². The van der Waals surface area contributed by atoms with Crippen LogP contribution >= 0.6 is 0 Å². The number of hydrogen-bond acceptors (Lipinski definition) is 1. The van der Waals surface area contributed by atoms with Crippen LogP contribution in [0, 0.1) is 0 Å². The van der Waals surface area contributed by atoms with Crippen LogP contribution in [-0.4, -0.2) is 17.2 Å². The molecule has 0 heterocycles. The molecule has 19 heavy (non-hydrogen) atoms. The summed E-state index contributed by atoms with van der Waals surface area (Å²) in [6.07, 6.45) is -8.01. The molecule has 0 amide bonds. The normalized spacial score (nSPS) is 15.4. The van der Waals surface area contributed by atoms with Gasteiger partial charge in [-0.25, -0.2) is 0 Å². The Morgan fingerprint density at radius 3 is 1.84 bits per heavy atom. The summed E-state index contributed by atoms with van der Waals surface area (Å²) in [5.41, 5.74) is -2.23. The highest BCUT2D eigenvalue weighted by atomic mass is 19.4. The molecular weight excluding hydrogens is 281 g/mol. The lowest BCUT2D eigenvalue weighted by atomic mass is 9.94. The van der Waals surface area contributed by atoms with Gasteiger partial charge in [-0.3, -0.25) is 0 Å². The van der Waals surface area contributed by atoms with E-state index in [1.807, 2.05) is 0 Å². The Hall–Kier alpha value is -1.31. The Kier molecular flexibility index (Phi) is 3.86. The molecule has 1 aromatic rings. The predicted octanol–water partition coefficient (Wildman–Crippen LogP) is 4.03. The minimum Gasteiger partial charge on any atom is -0.389 e. The Bertz CT molecular complexity index is 451. The third kappa shape index (κ3) is 2.54. The standard InChI is InChI=1S/C11H9F7O/c1-6(19)7-4-2-3-5-8(7)9(12,13)10(14,15)11(16,17)18/h2-6,19H,1H3. The molecule has 1 unspecified atom stereocenters. The fourth-order valence-electron chi connectivity index (χ4n) is 1.49. The summed E-state index contributed by atoms with van der Waals surface area (Å²) in [6, 6.07) is 3.33. The number of benzene rings is 1. The van der Waals surface area contributed by atoms with Crippen LogP contribution in [0.4, 0.5) is 30.7 Å². The van der Waals surface area contributed by atoms with E-state index in [-0.39, 0.29) is 0 Å². The van der Waals surface area contributed by atoms with E-state index in [1.165, 1.54) is 0 Å². The molecule has 8 heteroatoms. The van der Waals surface area contributed by atoms with Crippen LogP contribution in [0.1, 0.15) is 24.2 Å². The second kappa shape index (κ2) is 4.66. The number of hydrogen-bond donors (Lipinski definition) is 1. The Morgan fingerprint density at radius 2 is 1.42 bits per heavy atom. The van der Waals surface area contributed by atoms with E-state index < -0.39 is 35.3 Å². The van der Waals surface area contributed by atoms with Crippen molar-refractivity contribution in [3.8, 4) is 0 Å². The molecule has 0 aliphatic rings. The molecule has 1 atom stereocenters. The lowest BCUT2D eigenvalue weighted by molar-refractivity contribution is -0.359. The van der Waals surface area contributed by atoms with Crippen molar-refractivity contribution in [2.24, 2.45) is 0 Å². The highest BCUT2D eigenvalue weighted by Gasteiger charge is 2.73. The van der Waals surface area contributed by atoms with E-state index in [2.05, 4.69) is 0 Å². The van der Waals surface area contributed by atoms with Gasteiger partial charge in [0.05, 0.1) is 6.10 Å². The second-order valence-electron chi connectivity index (χ2n) is 3.91. The van der Waals surface area contributed by atoms with E-state index in [0.717, 1.165) is 25.1 Å². The number of alkyl halides is 7. The fourth-order valence-corrected chi connectivity index (χ4v) is 1.49. The molecular formula is C11H9F7O. The number of aliphatic hydroxyl groups is 1. The highest BCUT2D eigenvalue weighted by Crippen LogP contribution is 2.52. The second-order valence-corrected chi connectivity index (χ2v) is 3.91. The van der Waals surface area contributed by atoms with Gasteiger partial charge in [0.25, 0.3) is 0 Å². The van der Waals surface area contributed by atoms with Gasteiger partial charge in [-0.15, -0.1) is 0 Å². The molecule has 0 radical (unpaired) electrons. The van der Waals surface area contributed by atoms with Crippen molar-refractivity contribution in [1.29, 1.82) is 0 Å². The molecule has 108 valence electrons. The summed E-state index contributed by atoms with van der Waals surface area (Å²) in [4.78, 5) is 0. The summed E-state index contributed by atoms with van der Waals surface area (Å²) >= 11 is 0. The van der Waals surface area contributed by atoms with E-state index >= 15 is 0 Å². The maximum Gasteiger partial charge on any atom is 0.460 e. The smallest absolute Gasteiger partial charge is 0.389 e. The fraction of sp³-hybridized carbons (Fsp3) is 0.455. The first-order valence-electron chi connectivity index (χ1n) is 5.02. The molecule has 0 fully saturated rings. The Balaban J connectivity index is 3.44. The summed E-state index contributed by atoms with van der Waals surface area (Å²) in [7, 11) is 0. The molecule has 0 spiro atoms. The van der Waals surface area contributed by atoms with Crippen LogP contribution in [0.5, 0.6) is 0 Å². The third-order valence-corrected chi connectivity index (χ3v) is 2.50. The van der Waals surface area contributed by atoms with Gasteiger partial charge in [0.1, 0.15) is 0 Å². The largest absolute Gasteiger partial charge is 0.460 e. The van der Waals surface area contributed by atoms with E-state index in [1.54, 1.807) is 0 Å². The monoisotopic (exact) mass is 290 g/mol. The van der Waals surface area contributed by atoms with E-state index in [9.17, 15) is 35.8 Å². The molecule has 0 bridgehead atoms. The van der Waals surface area contributed by atoms with Crippen molar-refractivity contribution in [3.63, 3.8) is 0 Å². The minimum absolute atomic E-state index is 0.432. The van der Waals surface area contributed by atoms with Gasteiger partial charge >= 0.3 is 18.0 Å². The SMILES string of the molecule is CC(O)c1ccccc1C(F)(F)C(F)(F)C(F)(F)F. The predicted molar refractivity (Wildman–Crippen MR) is 52.0 cm³/mol. The molecule has 0 aliphatic carbocycles. The molecule has 1 aromatic carbocycles. The first-order chi connectivity index (χ1) is 8.43. The zero-order valence-corrected chi connectivity index (χ0v) is 9.48. The summed E-state index contributed by atoms with van der Waals surface area (Å²) in [6.45, 7) is 0.987. The number of halogens is 7. The van der Waals surface area contributed by atoms with Crippen molar-refractivity contribution < 1.29 is 35.8 Å². The van der Waals surface area contributed by atoms with Crippen molar-refractivity contribution in [2.75, 3.05) is 0 Å². The third-order valence-electron chi connectivity index (χ3n) is 2.50. The first kappa shape index (κ1) is 15.7. The van der Waals surface area contributed by atoms with Crippen molar-refractivity contribution >= 4 is 0 Å². The van der Waals surface area contributed by atoms with E-state index in [0.29, 0.717) is 6.07 Å². The Labute approximate surface area is 103 Å². The summed E-state index contributed by atoms with van der Waals surface area (Å²) in [5.74, 6) is -11.7. The lowest BCUT2D eigenvalue weighted by Gasteiger charge is -2.30. The zero-order chi connectivity index (χ0) is 15.1. The minimum atomic E-state index is -6.40. The molecule has 1 nitrogen and oxygen atoms in total.